The Morgan fingerprint density at radius 3 is 2.14 bits per heavy atom. The summed E-state index contributed by atoms with van der Waals surface area (Å²) in [7, 11) is -3.74. The van der Waals surface area contributed by atoms with E-state index in [1.54, 1.807) is 55.5 Å². The minimum Gasteiger partial charge on any atom is -0.457 e. The van der Waals surface area contributed by atoms with Gasteiger partial charge in [0.05, 0.1) is 16.1 Å². The first kappa shape index (κ1) is 20.9. The van der Waals surface area contributed by atoms with Gasteiger partial charge in [-0.1, -0.05) is 41.9 Å². The summed E-state index contributed by atoms with van der Waals surface area (Å²) in [5, 5.41) is 0.605. The van der Waals surface area contributed by atoms with Crippen LogP contribution < -0.4 is 4.31 Å². The molecular formula is C22H20ClNO4S. The minimum absolute atomic E-state index is 0.105. The first-order chi connectivity index (χ1) is 13.9. The second kappa shape index (κ2) is 9.11. The van der Waals surface area contributed by atoms with Crippen LogP contribution in [0.25, 0.3) is 0 Å². The molecule has 3 aromatic carbocycles. The number of sulfonamides is 1. The van der Waals surface area contributed by atoms with Gasteiger partial charge in [-0.15, -0.1) is 0 Å². The molecule has 0 atom stereocenters. The molecule has 5 nitrogen and oxygen atoms in total. The highest BCUT2D eigenvalue weighted by atomic mass is 35.5. The van der Waals surface area contributed by atoms with E-state index in [0.717, 1.165) is 5.56 Å². The largest absolute Gasteiger partial charge is 0.457 e. The molecule has 0 radical (unpaired) electrons. The quantitative estimate of drug-likeness (QED) is 0.500. The van der Waals surface area contributed by atoms with Gasteiger partial charge in [-0.25, -0.2) is 13.2 Å². The summed E-state index contributed by atoms with van der Waals surface area (Å²) in [5.74, 6) is -0.528. The number of halogens is 1. The Morgan fingerprint density at radius 2 is 1.55 bits per heavy atom. The molecule has 7 heteroatoms. The van der Waals surface area contributed by atoms with E-state index in [1.807, 2.05) is 6.07 Å². The topological polar surface area (TPSA) is 63.7 Å². The van der Waals surface area contributed by atoms with Crippen LogP contribution in [0, 0.1) is 0 Å². The lowest BCUT2D eigenvalue weighted by molar-refractivity contribution is 0.0472. The number of hydrogen-bond donors (Lipinski definition) is 0. The van der Waals surface area contributed by atoms with Crippen molar-refractivity contribution in [3.63, 3.8) is 0 Å². The van der Waals surface area contributed by atoms with Crippen molar-refractivity contribution >= 4 is 33.3 Å². The number of anilines is 1. The predicted octanol–water partition coefficient (Wildman–Crippen LogP) is 4.91. The lowest BCUT2D eigenvalue weighted by Crippen LogP contribution is -2.30. The molecule has 0 saturated carbocycles. The van der Waals surface area contributed by atoms with Crippen LogP contribution >= 0.6 is 11.6 Å². The normalized spacial score (nSPS) is 11.1. The second-order valence-electron chi connectivity index (χ2n) is 6.23. The lowest BCUT2D eigenvalue weighted by atomic mass is 10.2. The average Bonchev–Trinajstić information content (AvgIpc) is 2.74. The van der Waals surface area contributed by atoms with Gasteiger partial charge < -0.3 is 4.74 Å². The third kappa shape index (κ3) is 4.96. The first-order valence-corrected chi connectivity index (χ1v) is 10.8. The molecule has 0 aliphatic rings. The smallest absolute Gasteiger partial charge is 0.338 e. The van der Waals surface area contributed by atoms with Crippen LogP contribution in [-0.4, -0.2) is 20.9 Å². The molecule has 0 aromatic heterocycles. The fourth-order valence-electron chi connectivity index (χ4n) is 2.79. The van der Waals surface area contributed by atoms with Gasteiger partial charge >= 0.3 is 5.97 Å². The van der Waals surface area contributed by atoms with E-state index in [1.165, 1.54) is 28.6 Å². The summed E-state index contributed by atoms with van der Waals surface area (Å²) in [6, 6.07) is 21.6. The van der Waals surface area contributed by atoms with Gasteiger partial charge in [0.2, 0.25) is 0 Å². The number of para-hydroxylation sites is 1. The van der Waals surface area contributed by atoms with Crippen LogP contribution in [0.15, 0.2) is 83.8 Å². The molecule has 150 valence electrons. The molecule has 3 aromatic rings. The summed E-state index contributed by atoms with van der Waals surface area (Å²) in [6.07, 6.45) is 0. The fraction of sp³-hybridized carbons (Fsp3) is 0.136. The number of hydrogen-bond acceptors (Lipinski definition) is 4. The van der Waals surface area contributed by atoms with Crippen molar-refractivity contribution in [3.8, 4) is 0 Å². The number of ether oxygens (including phenoxy) is 1. The Kier molecular flexibility index (Phi) is 6.56. The number of nitrogens with zero attached hydrogens (tertiary/aromatic N) is 1. The van der Waals surface area contributed by atoms with E-state index in [-0.39, 0.29) is 23.6 Å². The maximum atomic E-state index is 13.0. The van der Waals surface area contributed by atoms with Gasteiger partial charge in [0, 0.05) is 11.6 Å². The van der Waals surface area contributed by atoms with Crippen molar-refractivity contribution in [1.29, 1.82) is 0 Å². The van der Waals surface area contributed by atoms with E-state index < -0.39 is 16.0 Å². The number of carbonyl (C=O) groups is 1. The molecule has 0 heterocycles. The van der Waals surface area contributed by atoms with Crippen LogP contribution in [0.1, 0.15) is 22.8 Å². The average molecular weight is 430 g/mol. The summed E-state index contributed by atoms with van der Waals surface area (Å²) in [6.45, 7) is 2.16. The molecule has 0 fully saturated rings. The zero-order chi connectivity index (χ0) is 20.9. The van der Waals surface area contributed by atoms with Crippen molar-refractivity contribution in [2.24, 2.45) is 0 Å². The van der Waals surface area contributed by atoms with Crippen molar-refractivity contribution in [2.75, 3.05) is 10.8 Å². The van der Waals surface area contributed by atoms with Gasteiger partial charge in [-0.05, 0) is 61.0 Å². The Morgan fingerprint density at radius 1 is 0.931 bits per heavy atom. The molecule has 3 rings (SSSR count). The third-order valence-corrected chi connectivity index (χ3v) is 6.46. The van der Waals surface area contributed by atoms with Gasteiger partial charge in [-0.3, -0.25) is 4.31 Å². The Bertz CT molecular complexity index is 1070. The van der Waals surface area contributed by atoms with Gasteiger partial charge in [0.25, 0.3) is 10.0 Å². The zero-order valence-corrected chi connectivity index (χ0v) is 17.4. The monoisotopic (exact) mass is 429 g/mol. The van der Waals surface area contributed by atoms with E-state index in [4.69, 9.17) is 16.3 Å². The van der Waals surface area contributed by atoms with E-state index in [2.05, 4.69) is 0 Å². The van der Waals surface area contributed by atoms with Crippen LogP contribution in [-0.2, 0) is 21.4 Å². The summed E-state index contributed by atoms with van der Waals surface area (Å²) < 4.78 is 32.6. The molecule has 0 unspecified atom stereocenters. The highest BCUT2D eigenvalue weighted by molar-refractivity contribution is 7.92. The molecule has 0 aliphatic heterocycles. The molecular weight excluding hydrogens is 410 g/mol. The number of benzene rings is 3. The van der Waals surface area contributed by atoms with Gasteiger partial charge in [0.15, 0.2) is 0 Å². The molecule has 0 spiro atoms. The number of carbonyl (C=O) groups excluding carboxylic acids is 1. The Labute approximate surface area is 175 Å². The van der Waals surface area contributed by atoms with E-state index in [9.17, 15) is 13.2 Å². The Balaban J connectivity index is 1.73. The molecule has 0 amide bonds. The van der Waals surface area contributed by atoms with Crippen molar-refractivity contribution in [3.05, 3.63) is 95.0 Å². The van der Waals surface area contributed by atoms with Crippen LogP contribution in [0.3, 0.4) is 0 Å². The number of rotatable bonds is 7. The fourth-order valence-corrected chi connectivity index (χ4v) is 4.39. The van der Waals surface area contributed by atoms with Gasteiger partial charge in [0.1, 0.15) is 6.61 Å². The van der Waals surface area contributed by atoms with Crippen molar-refractivity contribution in [2.45, 2.75) is 18.4 Å². The van der Waals surface area contributed by atoms with Crippen molar-refractivity contribution < 1.29 is 17.9 Å². The molecule has 0 saturated heterocycles. The molecule has 0 N–H and O–H groups in total. The summed E-state index contributed by atoms with van der Waals surface area (Å²) >= 11 is 5.83. The van der Waals surface area contributed by atoms with Crippen LogP contribution in [0.2, 0.25) is 5.02 Å². The van der Waals surface area contributed by atoms with Crippen LogP contribution in [0.4, 0.5) is 5.69 Å². The van der Waals surface area contributed by atoms with Gasteiger partial charge in [-0.2, -0.15) is 0 Å². The summed E-state index contributed by atoms with van der Waals surface area (Å²) in [5.41, 5.74) is 1.67. The third-order valence-electron chi connectivity index (χ3n) is 4.29. The second-order valence-corrected chi connectivity index (χ2v) is 8.53. The highest BCUT2D eigenvalue weighted by Crippen LogP contribution is 2.23. The SMILES string of the molecule is CCN(c1ccccc1)S(=O)(=O)c1ccc(C(=O)OCc2ccc(Cl)cc2)cc1. The predicted molar refractivity (Wildman–Crippen MR) is 114 cm³/mol. The Hall–Kier alpha value is -2.83. The summed E-state index contributed by atoms with van der Waals surface area (Å²) in [4.78, 5) is 12.4. The maximum absolute atomic E-state index is 13.0. The first-order valence-electron chi connectivity index (χ1n) is 9.01. The standard InChI is InChI=1S/C22H20ClNO4S/c1-2-24(20-6-4-3-5-7-20)29(26,27)21-14-10-18(11-15-21)22(25)28-16-17-8-12-19(23)13-9-17/h3-15H,2,16H2,1H3. The minimum atomic E-state index is -3.74. The highest BCUT2D eigenvalue weighted by Gasteiger charge is 2.23. The maximum Gasteiger partial charge on any atom is 0.338 e. The van der Waals surface area contributed by atoms with E-state index >= 15 is 0 Å². The number of esters is 1. The molecule has 0 bridgehead atoms. The van der Waals surface area contributed by atoms with Crippen molar-refractivity contribution in [1.82, 2.24) is 0 Å². The zero-order valence-electron chi connectivity index (χ0n) is 15.8. The van der Waals surface area contributed by atoms with E-state index in [0.29, 0.717) is 10.7 Å². The van der Waals surface area contributed by atoms with Crippen LogP contribution in [0.5, 0.6) is 0 Å². The molecule has 0 aliphatic carbocycles. The lowest BCUT2D eigenvalue weighted by Gasteiger charge is -2.22. The molecule has 29 heavy (non-hydrogen) atoms.